The van der Waals surface area contributed by atoms with Gasteiger partial charge in [-0.05, 0) is 56.1 Å². The summed E-state index contributed by atoms with van der Waals surface area (Å²) in [5.41, 5.74) is 1.66. The zero-order chi connectivity index (χ0) is 15.1. The van der Waals surface area contributed by atoms with Crippen LogP contribution in [-0.2, 0) is 0 Å². The molecule has 0 amide bonds. The average molecular weight is 287 g/mol. The molecule has 21 heavy (non-hydrogen) atoms. The van der Waals surface area contributed by atoms with Gasteiger partial charge in [0.05, 0.1) is 6.61 Å². The fraction of sp³-hybridized carbons (Fsp3) is 0.333. The lowest BCUT2D eigenvalue weighted by Gasteiger charge is -2.15. The van der Waals surface area contributed by atoms with Gasteiger partial charge in [0, 0.05) is 6.04 Å². The largest absolute Gasteiger partial charge is 0.494 e. The molecule has 2 aromatic rings. The Labute approximate surface area is 126 Å². The van der Waals surface area contributed by atoms with Crippen molar-refractivity contribution in [3.63, 3.8) is 0 Å². The first-order valence-electron chi connectivity index (χ1n) is 7.34. The fourth-order valence-corrected chi connectivity index (χ4v) is 2.09. The second kappa shape index (κ2) is 7.79. The monoisotopic (exact) mass is 287 g/mol. The predicted molar refractivity (Wildman–Crippen MR) is 84.1 cm³/mol. The first kappa shape index (κ1) is 15.5. The van der Waals surface area contributed by atoms with Crippen LogP contribution in [0.4, 0.5) is 4.39 Å². The maximum atomic E-state index is 13.5. The summed E-state index contributed by atoms with van der Waals surface area (Å²) in [7, 11) is 0. The van der Waals surface area contributed by atoms with Crippen LogP contribution >= 0.6 is 0 Å². The number of para-hydroxylation sites is 1. The zero-order valence-electron chi connectivity index (χ0n) is 12.6. The number of hydrogen-bond acceptors (Lipinski definition) is 2. The summed E-state index contributed by atoms with van der Waals surface area (Å²) in [6, 6.07) is 15.3. The molecule has 0 heterocycles. The molecular weight excluding hydrogens is 265 g/mol. The second-order valence-electron chi connectivity index (χ2n) is 5.20. The van der Waals surface area contributed by atoms with Crippen LogP contribution in [0.3, 0.4) is 0 Å². The van der Waals surface area contributed by atoms with Crippen LogP contribution in [-0.4, -0.2) is 13.2 Å². The molecule has 0 aromatic heterocycles. The third kappa shape index (κ3) is 4.87. The van der Waals surface area contributed by atoms with Gasteiger partial charge in [-0.2, -0.15) is 0 Å². The number of halogens is 1. The Kier molecular flexibility index (Phi) is 5.76. The van der Waals surface area contributed by atoms with Gasteiger partial charge in [0.15, 0.2) is 0 Å². The Hall–Kier alpha value is -1.87. The highest BCUT2D eigenvalue weighted by atomic mass is 19.1. The molecule has 0 aliphatic rings. The van der Waals surface area contributed by atoms with E-state index in [4.69, 9.17) is 4.74 Å². The molecule has 1 unspecified atom stereocenters. The lowest BCUT2D eigenvalue weighted by Crippen LogP contribution is -2.21. The van der Waals surface area contributed by atoms with Crippen LogP contribution in [0, 0.1) is 12.7 Å². The Morgan fingerprint density at radius 3 is 2.62 bits per heavy atom. The molecular formula is C18H22FNO. The maximum absolute atomic E-state index is 13.5. The molecule has 0 spiro atoms. The number of rotatable bonds is 7. The van der Waals surface area contributed by atoms with Gasteiger partial charge in [-0.25, -0.2) is 4.39 Å². The Balaban J connectivity index is 1.69. The average Bonchev–Trinajstić information content (AvgIpc) is 2.50. The normalized spacial score (nSPS) is 12.1. The first-order chi connectivity index (χ1) is 10.2. The highest BCUT2D eigenvalue weighted by molar-refractivity contribution is 5.25. The summed E-state index contributed by atoms with van der Waals surface area (Å²) in [4.78, 5) is 0. The van der Waals surface area contributed by atoms with Crippen molar-refractivity contribution < 1.29 is 9.13 Å². The quantitative estimate of drug-likeness (QED) is 0.769. The van der Waals surface area contributed by atoms with Crippen LogP contribution < -0.4 is 10.1 Å². The molecule has 0 fully saturated rings. The lowest BCUT2D eigenvalue weighted by molar-refractivity contribution is 0.305. The number of nitrogens with one attached hydrogen (secondary N) is 1. The van der Waals surface area contributed by atoms with Crippen LogP contribution in [0.1, 0.15) is 30.5 Å². The molecule has 2 nitrogen and oxygen atoms in total. The molecule has 3 heteroatoms. The molecule has 0 saturated heterocycles. The number of aryl methyl sites for hydroxylation is 1. The van der Waals surface area contributed by atoms with E-state index in [-0.39, 0.29) is 11.9 Å². The maximum Gasteiger partial charge on any atom is 0.126 e. The predicted octanol–water partition coefficient (Wildman–Crippen LogP) is 4.25. The van der Waals surface area contributed by atoms with Gasteiger partial charge in [0.2, 0.25) is 0 Å². The summed E-state index contributed by atoms with van der Waals surface area (Å²) >= 11 is 0. The van der Waals surface area contributed by atoms with E-state index in [0.29, 0.717) is 12.2 Å². The van der Waals surface area contributed by atoms with Crippen molar-refractivity contribution in [2.75, 3.05) is 13.2 Å². The van der Waals surface area contributed by atoms with E-state index in [9.17, 15) is 4.39 Å². The molecule has 0 bridgehead atoms. The number of hydrogen-bond donors (Lipinski definition) is 1. The van der Waals surface area contributed by atoms with Crippen molar-refractivity contribution >= 4 is 0 Å². The van der Waals surface area contributed by atoms with Gasteiger partial charge in [-0.1, -0.05) is 30.3 Å². The van der Waals surface area contributed by atoms with E-state index in [1.165, 1.54) is 0 Å². The zero-order valence-corrected chi connectivity index (χ0v) is 12.6. The van der Waals surface area contributed by atoms with E-state index >= 15 is 0 Å². The molecule has 1 atom stereocenters. The van der Waals surface area contributed by atoms with Crippen molar-refractivity contribution in [1.29, 1.82) is 0 Å². The molecule has 1 N–H and O–H groups in total. The second-order valence-corrected chi connectivity index (χ2v) is 5.20. The first-order valence-corrected chi connectivity index (χ1v) is 7.34. The van der Waals surface area contributed by atoms with Crippen LogP contribution in [0.15, 0.2) is 48.5 Å². The van der Waals surface area contributed by atoms with Gasteiger partial charge < -0.3 is 10.1 Å². The van der Waals surface area contributed by atoms with Gasteiger partial charge in [-0.15, -0.1) is 0 Å². The van der Waals surface area contributed by atoms with Crippen molar-refractivity contribution in [3.05, 3.63) is 65.5 Å². The lowest BCUT2D eigenvalue weighted by atomic mass is 10.1. The van der Waals surface area contributed by atoms with Gasteiger partial charge in [0.25, 0.3) is 0 Å². The van der Waals surface area contributed by atoms with E-state index < -0.39 is 0 Å². The summed E-state index contributed by atoms with van der Waals surface area (Å²) in [6.45, 7) is 5.33. The molecule has 112 valence electrons. The summed E-state index contributed by atoms with van der Waals surface area (Å²) in [6.07, 6.45) is 0.910. The molecule has 2 aromatic carbocycles. The smallest absolute Gasteiger partial charge is 0.126 e. The van der Waals surface area contributed by atoms with E-state index in [0.717, 1.165) is 24.3 Å². The fourth-order valence-electron chi connectivity index (χ4n) is 2.09. The van der Waals surface area contributed by atoms with E-state index in [2.05, 4.69) is 5.32 Å². The molecule has 0 saturated carbocycles. The van der Waals surface area contributed by atoms with Gasteiger partial charge >= 0.3 is 0 Å². The Morgan fingerprint density at radius 1 is 1.14 bits per heavy atom. The summed E-state index contributed by atoms with van der Waals surface area (Å²) < 4.78 is 19.2. The van der Waals surface area contributed by atoms with Crippen molar-refractivity contribution in [2.45, 2.75) is 26.3 Å². The highest BCUT2D eigenvalue weighted by Crippen LogP contribution is 2.16. The van der Waals surface area contributed by atoms with Crippen molar-refractivity contribution in [1.82, 2.24) is 5.32 Å². The third-order valence-corrected chi connectivity index (χ3v) is 3.48. The number of benzene rings is 2. The Morgan fingerprint density at radius 2 is 1.90 bits per heavy atom. The topological polar surface area (TPSA) is 21.3 Å². The summed E-state index contributed by atoms with van der Waals surface area (Å²) in [5, 5.41) is 3.39. The minimum Gasteiger partial charge on any atom is -0.494 e. The molecule has 2 rings (SSSR count). The standard InChI is InChI=1S/C18H22FNO/c1-14-9-10-16(13-18(14)19)15(2)20-11-6-12-21-17-7-4-3-5-8-17/h3-5,7-10,13,15,20H,6,11-12H2,1-2H3. The van der Waals surface area contributed by atoms with Crippen molar-refractivity contribution in [2.24, 2.45) is 0 Å². The van der Waals surface area contributed by atoms with Crippen molar-refractivity contribution in [3.8, 4) is 5.75 Å². The minimum absolute atomic E-state index is 0.136. The number of ether oxygens (including phenoxy) is 1. The van der Waals surface area contributed by atoms with E-state index in [1.54, 1.807) is 13.0 Å². The minimum atomic E-state index is -0.145. The van der Waals surface area contributed by atoms with Gasteiger partial charge in [-0.3, -0.25) is 0 Å². The molecule has 0 aliphatic carbocycles. The highest BCUT2D eigenvalue weighted by Gasteiger charge is 2.06. The molecule has 0 radical (unpaired) electrons. The van der Waals surface area contributed by atoms with E-state index in [1.807, 2.05) is 49.4 Å². The van der Waals surface area contributed by atoms with Crippen LogP contribution in [0.5, 0.6) is 5.75 Å². The molecule has 0 aliphatic heterocycles. The van der Waals surface area contributed by atoms with Crippen LogP contribution in [0.25, 0.3) is 0 Å². The summed E-state index contributed by atoms with van der Waals surface area (Å²) in [5.74, 6) is 0.750. The van der Waals surface area contributed by atoms with Gasteiger partial charge in [0.1, 0.15) is 11.6 Å². The van der Waals surface area contributed by atoms with Crippen LogP contribution in [0.2, 0.25) is 0 Å². The third-order valence-electron chi connectivity index (χ3n) is 3.48. The SMILES string of the molecule is Cc1ccc(C(C)NCCCOc2ccccc2)cc1F. The Bertz CT molecular complexity index is 556.